The van der Waals surface area contributed by atoms with Crippen LogP contribution in [0, 0.1) is 0 Å². The average molecular weight is 561 g/mol. The van der Waals surface area contributed by atoms with Gasteiger partial charge in [0.2, 0.25) is 0 Å². The summed E-state index contributed by atoms with van der Waals surface area (Å²) in [6.45, 7) is 0. The number of quaternary nitrogens is 3. The van der Waals surface area contributed by atoms with Gasteiger partial charge < -0.3 is 86.6 Å². The first-order chi connectivity index (χ1) is 5.20. The zero-order valence-corrected chi connectivity index (χ0v) is 18.1. The van der Waals surface area contributed by atoms with Crippen molar-refractivity contribution in [2.24, 2.45) is 0 Å². The van der Waals surface area contributed by atoms with Crippen molar-refractivity contribution < 1.29 is 86.6 Å². The van der Waals surface area contributed by atoms with Crippen molar-refractivity contribution in [2.45, 2.75) is 0 Å². The van der Waals surface area contributed by atoms with Gasteiger partial charge >= 0.3 is 0 Å². The molecule has 0 aromatic carbocycles. The molecule has 0 aromatic rings. The zero-order valence-electron chi connectivity index (χ0n) is 11.6. The Labute approximate surface area is 148 Å². The van der Waals surface area contributed by atoms with Crippen molar-refractivity contribution in [3.63, 3.8) is 0 Å². The van der Waals surface area contributed by atoms with Gasteiger partial charge in [-0.25, -0.2) is 0 Å². The topological polar surface area (TPSA) is 13.3 Å². The molecule has 0 aliphatic carbocycles. The summed E-state index contributed by atoms with van der Waals surface area (Å²) >= 11 is 0. The minimum absolute atomic E-state index is 0. The van der Waals surface area contributed by atoms with Gasteiger partial charge in [0, 0.05) is 0 Å². The molecular formula is C9H30I3N3. The molecule has 0 unspecified atom stereocenters. The Hall–Kier alpha value is 2.07. The summed E-state index contributed by atoms with van der Waals surface area (Å²) in [7, 11) is 18.8. The summed E-state index contributed by atoms with van der Waals surface area (Å²) in [5.41, 5.74) is 0. The lowest BCUT2D eigenvalue weighted by Gasteiger charge is -1.88. The number of hydrogen-bond donors (Lipinski definition) is 3. The van der Waals surface area contributed by atoms with Crippen molar-refractivity contribution in [2.75, 3.05) is 63.4 Å². The van der Waals surface area contributed by atoms with Crippen molar-refractivity contribution >= 4 is 0 Å². The number of hydrogen-bond acceptors (Lipinski definition) is 0. The second kappa shape index (κ2) is 29.8. The smallest absolute Gasteiger partial charge is 0.0661 e. The Kier molecular flexibility index (Phi) is 71.4. The number of rotatable bonds is 0. The van der Waals surface area contributed by atoms with Crippen LogP contribution in [0.15, 0.2) is 0 Å². The first kappa shape index (κ1) is 36.0. The van der Waals surface area contributed by atoms with E-state index in [1.807, 2.05) is 0 Å². The van der Waals surface area contributed by atoms with Crippen LogP contribution in [0.3, 0.4) is 0 Å². The largest absolute Gasteiger partial charge is 1.00 e. The van der Waals surface area contributed by atoms with Crippen molar-refractivity contribution in [1.82, 2.24) is 0 Å². The van der Waals surface area contributed by atoms with E-state index in [2.05, 4.69) is 63.4 Å². The highest BCUT2D eigenvalue weighted by atomic mass is 127. The molecule has 0 heterocycles. The molecule has 0 saturated carbocycles. The van der Waals surface area contributed by atoms with Crippen LogP contribution in [0.5, 0.6) is 0 Å². The van der Waals surface area contributed by atoms with Crippen LogP contribution in [0.1, 0.15) is 0 Å². The summed E-state index contributed by atoms with van der Waals surface area (Å²) in [5, 5.41) is 0. The molecule has 3 nitrogen and oxygen atoms in total. The van der Waals surface area contributed by atoms with E-state index in [0.717, 1.165) is 0 Å². The van der Waals surface area contributed by atoms with Crippen LogP contribution in [0.25, 0.3) is 0 Å². The Balaban J connectivity index is -0.0000000184. The monoisotopic (exact) mass is 561 g/mol. The quantitative estimate of drug-likeness (QED) is 0.244. The van der Waals surface area contributed by atoms with E-state index in [9.17, 15) is 0 Å². The van der Waals surface area contributed by atoms with Crippen LogP contribution < -0.4 is 86.6 Å². The molecule has 0 aromatic heterocycles. The zero-order chi connectivity index (χ0) is 10.7. The number of nitrogens with one attached hydrogen (secondary N) is 3. The maximum absolute atomic E-state index is 2.08. The lowest BCUT2D eigenvalue weighted by atomic mass is 11.0. The summed E-state index contributed by atoms with van der Waals surface area (Å²) in [6.07, 6.45) is 0. The van der Waals surface area contributed by atoms with E-state index >= 15 is 0 Å². The van der Waals surface area contributed by atoms with Gasteiger partial charge in [-0.05, 0) is 0 Å². The van der Waals surface area contributed by atoms with E-state index < -0.39 is 0 Å². The SMILES string of the molecule is C[NH+](C)C.C[NH+](C)C.C[NH+](C)C.[I-].[I-].[I-]. The highest BCUT2D eigenvalue weighted by molar-refractivity contribution is 3.60. The second-order valence-corrected chi connectivity index (χ2v) is 4.50. The third-order valence-corrected chi connectivity index (χ3v) is 0. The van der Waals surface area contributed by atoms with Gasteiger partial charge in [-0.3, -0.25) is 0 Å². The molecule has 0 fully saturated rings. The Morgan fingerprint density at radius 1 is 0.333 bits per heavy atom. The van der Waals surface area contributed by atoms with E-state index in [1.165, 1.54) is 14.7 Å². The fourth-order valence-corrected chi connectivity index (χ4v) is 0. The van der Waals surface area contributed by atoms with E-state index in [4.69, 9.17) is 0 Å². The first-order valence-corrected chi connectivity index (χ1v) is 4.50. The molecule has 0 radical (unpaired) electrons. The van der Waals surface area contributed by atoms with Gasteiger partial charge in [-0.2, -0.15) is 0 Å². The Morgan fingerprint density at radius 2 is 0.333 bits per heavy atom. The molecule has 0 atom stereocenters. The minimum atomic E-state index is 0. The van der Waals surface area contributed by atoms with E-state index in [1.54, 1.807) is 0 Å². The maximum Gasteiger partial charge on any atom is 0.0661 e. The second-order valence-electron chi connectivity index (χ2n) is 4.50. The van der Waals surface area contributed by atoms with Crippen LogP contribution >= 0.6 is 0 Å². The van der Waals surface area contributed by atoms with Crippen LogP contribution in [-0.2, 0) is 0 Å². The average Bonchev–Trinajstić information content (AvgIpc) is 1.54. The van der Waals surface area contributed by atoms with Gasteiger partial charge in [0.15, 0.2) is 0 Å². The van der Waals surface area contributed by atoms with Crippen molar-refractivity contribution in [3.05, 3.63) is 0 Å². The molecule has 0 aliphatic heterocycles. The predicted molar refractivity (Wildman–Crippen MR) is 56.2 cm³/mol. The Morgan fingerprint density at radius 3 is 0.333 bits per heavy atom. The van der Waals surface area contributed by atoms with Crippen molar-refractivity contribution in [1.29, 1.82) is 0 Å². The molecule has 0 amide bonds. The molecule has 0 bridgehead atoms. The normalized spacial score (nSPS) is 7.20. The van der Waals surface area contributed by atoms with E-state index in [0.29, 0.717) is 0 Å². The fraction of sp³-hybridized carbons (Fsp3) is 1.00. The molecular weight excluding hydrogens is 531 g/mol. The van der Waals surface area contributed by atoms with Crippen molar-refractivity contribution in [3.8, 4) is 0 Å². The molecule has 102 valence electrons. The molecule has 0 spiro atoms. The van der Waals surface area contributed by atoms with Gasteiger partial charge in [-0.15, -0.1) is 0 Å². The minimum Gasteiger partial charge on any atom is -1.00 e. The summed E-state index contributed by atoms with van der Waals surface area (Å²) < 4.78 is 0. The third-order valence-electron chi connectivity index (χ3n) is 0. The lowest BCUT2D eigenvalue weighted by molar-refractivity contribution is -0.836. The van der Waals surface area contributed by atoms with Gasteiger partial charge in [0.25, 0.3) is 0 Å². The maximum atomic E-state index is 2.08. The van der Waals surface area contributed by atoms with Crippen LogP contribution in [-0.4, -0.2) is 63.4 Å². The highest BCUT2D eigenvalue weighted by Crippen LogP contribution is 0.872. The van der Waals surface area contributed by atoms with Gasteiger partial charge in [0.05, 0.1) is 63.4 Å². The lowest BCUT2D eigenvalue weighted by Crippen LogP contribution is -3.02. The van der Waals surface area contributed by atoms with Crippen LogP contribution in [0.2, 0.25) is 0 Å². The summed E-state index contributed by atoms with van der Waals surface area (Å²) in [6, 6.07) is 0. The van der Waals surface area contributed by atoms with Gasteiger partial charge in [-0.1, -0.05) is 0 Å². The molecule has 6 heteroatoms. The third kappa shape index (κ3) is 742. The standard InChI is InChI=1S/3C3H9N.3HI/c3*1-4(2)3;;;/h3*1-3H3;3*1H. The predicted octanol–water partition coefficient (Wildman–Crippen LogP) is -12.7. The summed E-state index contributed by atoms with van der Waals surface area (Å²) in [4.78, 5) is 4.25. The Bertz CT molecular complexity index is 49.1. The van der Waals surface area contributed by atoms with Gasteiger partial charge in [0.1, 0.15) is 0 Å². The molecule has 3 N–H and O–H groups in total. The number of halogens is 3. The molecule has 0 rings (SSSR count). The molecule has 0 aliphatic rings. The summed E-state index contributed by atoms with van der Waals surface area (Å²) in [5.74, 6) is 0. The van der Waals surface area contributed by atoms with Crippen LogP contribution in [0.4, 0.5) is 0 Å². The molecule has 0 saturated heterocycles. The fourth-order valence-electron chi connectivity index (χ4n) is 0. The first-order valence-electron chi connectivity index (χ1n) is 4.50. The molecule has 15 heavy (non-hydrogen) atoms. The highest BCUT2D eigenvalue weighted by Gasteiger charge is 1.61. The van der Waals surface area contributed by atoms with E-state index in [-0.39, 0.29) is 71.9 Å².